The highest BCUT2D eigenvalue weighted by atomic mass is 32.3. The molecule has 0 bridgehead atoms. The van der Waals surface area contributed by atoms with Crippen LogP contribution in [0.4, 0.5) is 87.8 Å². The maximum Gasteiger partial charge on any atom is 0.460 e. The molecule has 0 atom stereocenters. The van der Waals surface area contributed by atoms with Crippen LogP contribution in [0.5, 0.6) is 0 Å². The molecule has 0 aliphatic rings. The van der Waals surface area contributed by atoms with Crippen molar-refractivity contribution >= 4 is 20.4 Å². The van der Waals surface area contributed by atoms with Gasteiger partial charge in [0.15, 0.2) is 0 Å². The van der Waals surface area contributed by atoms with Crippen molar-refractivity contribution < 1.29 is 99.9 Å². The highest BCUT2D eigenvalue weighted by Gasteiger charge is 2.96. The van der Waals surface area contributed by atoms with Gasteiger partial charge in [0.25, 0.3) is 0 Å². The molecule has 0 saturated heterocycles. The van der Waals surface area contributed by atoms with E-state index in [2.05, 4.69) is 3.63 Å². The largest absolute Gasteiger partial charge is 0.460 e. The maximum absolute atomic E-state index is 15.2. The zero-order chi connectivity index (χ0) is 40.4. The fourth-order valence-electron chi connectivity index (χ4n) is 4.07. The van der Waals surface area contributed by atoms with E-state index in [9.17, 15) is 87.4 Å². The van der Waals surface area contributed by atoms with Gasteiger partial charge >= 0.3 is 63.3 Å². The van der Waals surface area contributed by atoms with E-state index < -0.39 is 93.8 Å². The molecule has 0 aliphatic carbocycles. The molecule has 0 unspecified atom stereocenters. The molecule has 0 amide bonds. The van der Waals surface area contributed by atoms with Crippen LogP contribution in [0.15, 0.2) is 99.6 Å². The predicted molar refractivity (Wildman–Crippen MR) is 137 cm³/mol. The molecule has 3 aromatic carbocycles. The van der Waals surface area contributed by atoms with Gasteiger partial charge < -0.3 is 0 Å². The standard InChI is InChI=1S/C27H14F20O3S2/c28-19(29,30)15-11-13-18(14-12-15)51(16-7-3-1-4-8-16,17-9-5-2-6-10-17)50-52(48,49)27(46,47)25(41,42)23(37,38)21(33,34)20(31,32)22(35,36)24(39,40)26(43,44)45/h1-14H. The lowest BCUT2D eigenvalue weighted by Gasteiger charge is -2.43. The Balaban J connectivity index is 2.33. The Morgan fingerprint density at radius 3 is 1.02 bits per heavy atom. The topological polar surface area (TPSA) is 43.4 Å². The van der Waals surface area contributed by atoms with E-state index in [0.717, 1.165) is 60.7 Å². The van der Waals surface area contributed by atoms with Gasteiger partial charge in [-0.3, -0.25) is 0 Å². The molecule has 0 N–H and O–H groups in total. The monoisotopic (exact) mass is 830 g/mol. The molecule has 0 fully saturated rings. The highest BCUT2D eigenvalue weighted by molar-refractivity contribution is 8.33. The second-order valence-corrected chi connectivity index (χ2v) is 14.7. The summed E-state index contributed by atoms with van der Waals surface area (Å²) in [6, 6.07) is 9.94. The van der Waals surface area contributed by atoms with Crippen LogP contribution in [0.3, 0.4) is 0 Å². The van der Waals surface area contributed by atoms with Crippen molar-refractivity contribution in [2.24, 2.45) is 0 Å². The van der Waals surface area contributed by atoms with Crippen molar-refractivity contribution in [2.75, 3.05) is 0 Å². The number of rotatable bonds is 12. The average molecular weight is 831 g/mol. The Hall–Kier alpha value is -3.48. The Kier molecular flexibility index (Phi) is 10.6. The summed E-state index contributed by atoms with van der Waals surface area (Å²) in [7, 11) is -13.0. The summed E-state index contributed by atoms with van der Waals surface area (Å²) >= 11 is 0. The Morgan fingerprint density at radius 2 is 0.692 bits per heavy atom. The van der Waals surface area contributed by atoms with Gasteiger partial charge in [-0.1, -0.05) is 36.4 Å². The molecule has 3 aromatic rings. The Labute approximate surface area is 278 Å². The van der Waals surface area contributed by atoms with E-state index >= 15 is 8.78 Å². The summed E-state index contributed by atoms with van der Waals surface area (Å²) in [5.74, 6) is -53.0. The van der Waals surface area contributed by atoms with E-state index in [1.807, 2.05) is 0 Å². The predicted octanol–water partition coefficient (Wildman–Crippen LogP) is 11.2. The van der Waals surface area contributed by atoms with Crippen LogP contribution < -0.4 is 0 Å². The normalized spacial score (nSPS) is 15.5. The van der Waals surface area contributed by atoms with Gasteiger partial charge in [-0.15, -0.1) is 0 Å². The molecular weight excluding hydrogens is 816 g/mol. The van der Waals surface area contributed by atoms with Gasteiger partial charge in [0.1, 0.15) is 0 Å². The second-order valence-electron chi connectivity index (χ2n) is 10.2. The molecule has 3 rings (SSSR count). The molecule has 0 aromatic heterocycles. The summed E-state index contributed by atoms with van der Waals surface area (Å²) < 4.78 is 307. The number of hydrogen-bond donors (Lipinski definition) is 0. The molecule has 25 heteroatoms. The van der Waals surface area contributed by atoms with Crippen LogP contribution in [-0.2, 0) is 19.9 Å². The quantitative estimate of drug-likeness (QED) is 0.171. The third-order valence-electron chi connectivity index (χ3n) is 6.86. The number of hydrogen-bond acceptors (Lipinski definition) is 3. The van der Waals surface area contributed by atoms with Crippen molar-refractivity contribution in [1.29, 1.82) is 0 Å². The zero-order valence-corrected chi connectivity index (χ0v) is 25.8. The van der Waals surface area contributed by atoms with E-state index in [1.165, 1.54) is 0 Å². The zero-order valence-electron chi connectivity index (χ0n) is 24.2. The first-order valence-corrected chi connectivity index (χ1v) is 15.9. The van der Waals surface area contributed by atoms with E-state index in [0.29, 0.717) is 12.1 Å². The fourth-order valence-corrected chi connectivity index (χ4v) is 9.29. The van der Waals surface area contributed by atoms with Crippen LogP contribution >= 0.6 is 10.3 Å². The van der Waals surface area contributed by atoms with Crippen LogP contribution in [0, 0.1) is 0 Å². The molecule has 0 saturated carbocycles. The summed E-state index contributed by atoms with van der Waals surface area (Å²) in [6.45, 7) is 0. The second kappa shape index (κ2) is 12.8. The van der Waals surface area contributed by atoms with Crippen molar-refractivity contribution in [3.63, 3.8) is 0 Å². The van der Waals surface area contributed by atoms with Gasteiger partial charge in [-0.05, 0) is 58.8 Å². The first kappa shape index (κ1) is 42.9. The smallest absolute Gasteiger partial charge is 0.202 e. The van der Waals surface area contributed by atoms with Crippen molar-refractivity contribution in [3.05, 3.63) is 90.5 Å². The summed E-state index contributed by atoms with van der Waals surface area (Å²) in [6.07, 6.45) is -13.1. The fraction of sp³-hybridized carbons (Fsp3) is 0.333. The Bertz CT molecular complexity index is 1780. The molecule has 0 spiro atoms. The van der Waals surface area contributed by atoms with Crippen LogP contribution in [0.25, 0.3) is 0 Å². The van der Waals surface area contributed by atoms with Gasteiger partial charge in [-0.2, -0.15) is 96.2 Å². The van der Waals surface area contributed by atoms with Crippen LogP contribution in [0.2, 0.25) is 0 Å². The first-order chi connectivity index (χ1) is 23.1. The lowest BCUT2D eigenvalue weighted by molar-refractivity contribution is -0.458. The van der Waals surface area contributed by atoms with Crippen LogP contribution in [-0.4, -0.2) is 55.4 Å². The highest BCUT2D eigenvalue weighted by Crippen LogP contribution is 2.72. The van der Waals surface area contributed by atoms with E-state index in [1.54, 1.807) is 0 Å². The molecular formula is C27H14F20O3S2. The minimum atomic E-state index is -9.07. The molecule has 0 aliphatic heterocycles. The van der Waals surface area contributed by atoms with Crippen molar-refractivity contribution in [3.8, 4) is 0 Å². The SMILES string of the molecule is O=S(=O)(OS(c1ccccc1)(c1ccccc1)c1ccc(C(F)(F)F)cc1)C(F)(F)C(F)(F)C(F)(F)C(F)(F)C(F)(F)C(F)(F)C(F)(F)C(F)(F)F. The maximum atomic E-state index is 15.2. The van der Waals surface area contributed by atoms with E-state index in [4.69, 9.17) is 0 Å². The summed E-state index contributed by atoms with van der Waals surface area (Å²) in [4.78, 5) is -2.50. The Morgan fingerprint density at radius 1 is 0.385 bits per heavy atom. The molecule has 3 nitrogen and oxygen atoms in total. The third kappa shape index (κ3) is 6.22. The van der Waals surface area contributed by atoms with Gasteiger partial charge in [-0.25, -0.2) is 3.63 Å². The van der Waals surface area contributed by atoms with Crippen LogP contribution in [0.1, 0.15) is 5.56 Å². The van der Waals surface area contributed by atoms with Gasteiger partial charge in [0.2, 0.25) is 0 Å². The summed E-state index contributed by atoms with van der Waals surface area (Å²) in [5, 5.41) is -8.04. The third-order valence-corrected chi connectivity index (χ3v) is 12.1. The molecule has 0 heterocycles. The minimum absolute atomic E-state index is 0.152. The van der Waals surface area contributed by atoms with Crippen molar-refractivity contribution in [1.82, 2.24) is 0 Å². The number of halogens is 20. The first-order valence-electron chi connectivity index (χ1n) is 12.9. The minimum Gasteiger partial charge on any atom is -0.202 e. The molecule has 292 valence electrons. The molecule has 0 radical (unpaired) electrons. The number of alkyl halides is 20. The lowest BCUT2D eigenvalue weighted by atomic mass is 9.91. The van der Waals surface area contributed by atoms with Gasteiger partial charge in [0.05, 0.1) is 5.56 Å². The lowest BCUT2D eigenvalue weighted by Crippen LogP contribution is -2.75. The average Bonchev–Trinajstić information content (AvgIpc) is 3.03. The van der Waals surface area contributed by atoms with E-state index in [-0.39, 0.29) is 12.1 Å². The van der Waals surface area contributed by atoms with Gasteiger partial charge in [0, 0.05) is 14.7 Å². The van der Waals surface area contributed by atoms with Crippen molar-refractivity contribution in [2.45, 2.75) is 67.8 Å². The number of benzene rings is 3. The summed E-state index contributed by atoms with van der Waals surface area (Å²) in [5.41, 5.74) is -1.53. The molecule has 52 heavy (non-hydrogen) atoms.